The minimum atomic E-state index is -0.485. The standard InChI is InChI=1S/C14H15N5O3.ClH/c1-8(20)15-10-5-3-4-9-12(10)18(2)17-13(9)19-7-6-11(21)16-14(19)22;/h3-5H,6-7H2,1-2H3,(H,15,20)(H,16,21,22);1H. The number of benzene rings is 1. The fourth-order valence-corrected chi connectivity index (χ4v) is 2.57. The number of urea groups is 1. The summed E-state index contributed by atoms with van der Waals surface area (Å²) < 4.78 is 1.61. The van der Waals surface area contributed by atoms with Gasteiger partial charge < -0.3 is 5.32 Å². The molecule has 0 unspecified atom stereocenters. The molecule has 1 aromatic heterocycles. The number of aryl methyl sites for hydroxylation is 1. The fourth-order valence-electron chi connectivity index (χ4n) is 2.57. The van der Waals surface area contributed by atoms with Crippen LogP contribution >= 0.6 is 12.4 Å². The van der Waals surface area contributed by atoms with Crippen molar-refractivity contribution in [2.75, 3.05) is 16.8 Å². The molecular formula is C14H16ClN5O3. The zero-order valence-corrected chi connectivity index (χ0v) is 13.4. The Bertz CT molecular complexity index is 801. The van der Waals surface area contributed by atoms with Crippen molar-refractivity contribution in [3.8, 4) is 0 Å². The number of anilines is 2. The molecule has 23 heavy (non-hydrogen) atoms. The Kier molecular flexibility index (Phi) is 4.55. The summed E-state index contributed by atoms with van der Waals surface area (Å²) >= 11 is 0. The van der Waals surface area contributed by atoms with Crippen LogP contribution in [0.2, 0.25) is 0 Å². The lowest BCUT2D eigenvalue weighted by Crippen LogP contribution is -2.49. The summed E-state index contributed by atoms with van der Waals surface area (Å²) in [5.74, 6) is -0.00770. The number of rotatable bonds is 2. The molecule has 2 heterocycles. The van der Waals surface area contributed by atoms with Gasteiger partial charge in [0, 0.05) is 32.3 Å². The third kappa shape index (κ3) is 2.98. The average Bonchev–Trinajstić information content (AvgIpc) is 2.76. The summed E-state index contributed by atoms with van der Waals surface area (Å²) in [6.07, 6.45) is 0.231. The first-order chi connectivity index (χ1) is 10.5. The molecule has 2 aromatic rings. The number of hydrogen-bond acceptors (Lipinski definition) is 4. The van der Waals surface area contributed by atoms with Crippen LogP contribution in [0, 0.1) is 0 Å². The molecule has 3 rings (SSSR count). The molecule has 4 amide bonds. The first-order valence-electron chi connectivity index (χ1n) is 6.82. The summed E-state index contributed by atoms with van der Waals surface area (Å²) in [5, 5.41) is 10.1. The van der Waals surface area contributed by atoms with Crippen LogP contribution in [0.25, 0.3) is 10.9 Å². The molecule has 1 fully saturated rings. The van der Waals surface area contributed by atoms with Crippen molar-refractivity contribution in [3.05, 3.63) is 18.2 Å². The van der Waals surface area contributed by atoms with Crippen LogP contribution in [-0.2, 0) is 16.6 Å². The summed E-state index contributed by atoms with van der Waals surface area (Å²) in [7, 11) is 1.74. The van der Waals surface area contributed by atoms with E-state index in [1.165, 1.54) is 11.8 Å². The molecular weight excluding hydrogens is 322 g/mol. The maximum absolute atomic E-state index is 12.0. The van der Waals surface area contributed by atoms with Crippen molar-refractivity contribution in [1.82, 2.24) is 15.1 Å². The Morgan fingerprint density at radius 1 is 1.35 bits per heavy atom. The Morgan fingerprint density at radius 3 is 2.74 bits per heavy atom. The summed E-state index contributed by atoms with van der Waals surface area (Å²) in [5.41, 5.74) is 1.34. The van der Waals surface area contributed by atoms with E-state index in [9.17, 15) is 14.4 Å². The predicted octanol–water partition coefficient (Wildman–Crippen LogP) is 1.40. The Balaban J connectivity index is 0.00000192. The van der Waals surface area contributed by atoms with Gasteiger partial charge in [0.2, 0.25) is 11.8 Å². The first kappa shape index (κ1) is 16.8. The van der Waals surface area contributed by atoms with E-state index >= 15 is 0 Å². The minimum absolute atomic E-state index is 0. The Labute approximate surface area is 138 Å². The number of carbonyl (C=O) groups is 3. The topological polar surface area (TPSA) is 96.3 Å². The van der Waals surface area contributed by atoms with E-state index in [4.69, 9.17) is 0 Å². The van der Waals surface area contributed by atoms with Gasteiger partial charge in [-0.2, -0.15) is 5.10 Å². The van der Waals surface area contributed by atoms with E-state index in [-0.39, 0.29) is 37.2 Å². The van der Waals surface area contributed by atoms with Gasteiger partial charge in [-0.3, -0.25) is 24.5 Å². The van der Waals surface area contributed by atoms with Gasteiger partial charge in [0.05, 0.1) is 11.2 Å². The molecule has 1 aliphatic heterocycles. The van der Waals surface area contributed by atoms with Crippen LogP contribution in [0.1, 0.15) is 13.3 Å². The van der Waals surface area contributed by atoms with Gasteiger partial charge in [0.1, 0.15) is 0 Å². The van der Waals surface area contributed by atoms with E-state index < -0.39 is 6.03 Å². The largest absolute Gasteiger partial charge is 0.329 e. The Morgan fingerprint density at radius 2 is 2.09 bits per heavy atom. The molecule has 0 radical (unpaired) electrons. The van der Waals surface area contributed by atoms with Gasteiger partial charge in [0.25, 0.3) is 0 Å². The second kappa shape index (κ2) is 6.25. The lowest BCUT2D eigenvalue weighted by molar-refractivity contribution is -0.120. The third-order valence-electron chi connectivity index (χ3n) is 3.47. The van der Waals surface area contributed by atoms with Crippen LogP contribution in [0.3, 0.4) is 0 Å². The number of amides is 4. The van der Waals surface area contributed by atoms with Crippen molar-refractivity contribution in [3.63, 3.8) is 0 Å². The maximum atomic E-state index is 12.0. The zero-order chi connectivity index (χ0) is 15.9. The summed E-state index contributed by atoms with van der Waals surface area (Å²) in [6.45, 7) is 1.71. The molecule has 1 saturated heterocycles. The van der Waals surface area contributed by atoms with Crippen molar-refractivity contribution >= 4 is 52.7 Å². The number of carbonyl (C=O) groups excluding carboxylic acids is 3. The van der Waals surface area contributed by atoms with Crippen LogP contribution in [-0.4, -0.2) is 34.2 Å². The molecule has 0 aliphatic carbocycles. The number of imide groups is 1. The SMILES string of the molecule is CC(=O)Nc1cccc2c(N3CCC(=O)NC3=O)nn(C)c12.Cl. The molecule has 0 spiro atoms. The highest BCUT2D eigenvalue weighted by atomic mass is 35.5. The van der Waals surface area contributed by atoms with Crippen LogP contribution in [0.4, 0.5) is 16.3 Å². The van der Waals surface area contributed by atoms with E-state index in [0.717, 1.165) is 10.9 Å². The van der Waals surface area contributed by atoms with E-state index in [2.05, 4.69) is 15.7 Å². The number of para-hydroxylation sites is 1. The normalized spacial score (nSPS) is 14.4. The molecule has 122 valence electrons. The number of fused-ring (bicyclic) bond motifs is 1. The van der Waals surface area contributed by atoms with E-state index in [1.807, 2.05) is 6.07 Å². The molecule has 0 atom stereocenters. The monoisotopic (exact) mass is 337 g/mol. The highest BCUT2D eigenvalue weighted by molar-refractivity contribution is 6.11. The number of hydrogen-bond donors (Lipinski definition) is 2. The van der Waals surface area contributed by atoms with Gasteiger partial charge in [-0.05, 0) is 12.1 Å². The maximum Gasteiger partial charge on any atom is 0.329 e. The number of aromatic nitrogens is 2. The van der Waals surface area contributed by atoms with Crippen LogP contribution < -0.4 is 15.5 Å². The van der Waals surface area contributed by atoms with Crippen molar-refractivity contribution < 1.29 is 14.4 Å². The Hall–Kier alpha value is -2.61. The molecule has 2 N–H and O–H groups in total. The van der Waals surface area contributed by atoms with Gasteiger partial charge in [-0.1, -0.05) is 6.07 Å². The molecule has 1 aliphatic rings. The smallest absolute Gasteiger partial charge is 0.324 e. The molecule has 0 bridgehead atoms. The molecule has 9 heteroatoms. The fraction of sp³-hybridized carbons (Fsp3) is 0.286. The summed E-state index contributed by atoms with van der Waals surface area (Å²) in [4.78, 5) is 36.0. The quantitative estimate of drug-likeness (QED) is 0.865. The van der Waals surface area contributed by atoms with Gasteiger partial charge in [-0.25, -0.2) is 4.79 Å². The molecule has 1 aromatic carbocycles. The van der Waals surface area contributed by atoms with Gasteiger partial charge >= 0.3 is 6.03 Å². The van der Waals surface area contributed by atoms with Gasteiger partial charge in [0.15, 0.2) is 5.82 Å². The van der Waals surface area contributed by atoms with E-state index in [0.29, 0.717) is 11.5 Å². The number of halogens is 1. The third-order valence-corrected chi connectivity index (χ3v) is 3.47. The highest BCUT2D eigenvalue weighted by Crippen LogP contribution is 2.31. The summed E-state index contributed by atoms with van der Waals surface area (Å²) in [6, 6.07) is 4.90. The van der Waals surface area contributed by atoms with E-state index in [1.54, 1.807) is 23.9 Å². The zero-order valence-electron chi connectivity index (χ0n) is 12.6. The lowest BCUT2D eigenvalue weighted by atomic mass is 10.2. The number of nitrogens with one attached hydrogen (secondary N) is 2. The second-order valence-corrected chi connectivity index (χ2v) is 5.09. The van der Waals surface area contributed by atoms with Gasteiger partial charge in [-0.15, -0.1) is 12.4 Å². The predicted molar refractivity (Wildman–Crippen MR) is 87.8 cm³/mol. The van der Waals surface area contributed by atoms with Crippen LogP contribution in [0.15, 0.2) is 18.2 Å². The first-order valence-corrected chi connectivity index (χ1v) is 6.82. The van der Waals surface area contributed by atoms with Crippen LogP contribution in [0.5, 0.6) is 0 Å². The van der Waals surface area contributed by atoms with Crippen molar-refractivity contribution in [2.24, 2.45) is 7.05 Å². The van der Waals surface area contributed by atoms with Crippen molar-refractivity contribution in [1.29, 1.82) is 0 Å². The average molecular weight is 338 g/mol. The van der Waals surface area contributed by atoms with Crippen molar-refractivity contribution in [2.45, 2.75) is 13.3 Å². The minimum Gasteiger partial charge on any atom is -0.324 e. The highest BCUT2D eigenvalue weighted by Gasteiger charge is 2.28. The molecule has 8 nitrogen and oxygen atoms in total. The number of nitrogens with zero attached hydrogens (tertiary/aromatic N) is 3. The lowest BCUT2D eigenvalue weighted by Gasteiger charge is -2.24. The second-order valence-electron chi connectivity index (χ2n) is 5.09. The molecule has 0 saturated carbocycles.